The molecule has 2 aromatic heterocycles. The Kier molecular flexibility index (Phi) is 7.91. The van der Waals surface area contributed by atoms with Gasteiger partial charge in [0.1, 0.15) is 12.4 Å². The third-order valence-electron chi connectivity index (χ3n) is 6.69. The van der Waals surface area contributed by atoms with Crippen molar-refractivity contribution in [1.29, 1.82) is 0 Å². The predicted molar refractivity (Wildman–Crippen MR) is 157 cm³/mol. The lowest BCUT2D eigenvalue weighted by Crippen LogP contribution is -2.29. The smallest absolute Gasteiger partial charge is 0.174 e. The molecule has 1 saturated heterocycles. The van der Waals surface area contributed by atoms with Crippen molar-refractivity contribution in [2.75, 3.05) is 25.2 Å². The van der Waals surface area contributed by atoms with Gasteiger partial charge >= 0.3 is 0 Å². The van der Waals surface area contributed by atoms with Crippen molar-refractivity contribution >= 4 is 46.2 Å². The minimum Gasteiger partial charge on any atom is -0.490 e. The number of anilines is 1. The van der Waals surface area contributed by atoms with E-state index in [1.165, 1.54) is 0 Å². The van der Waals surface area contributed by atoms with Crippen LogP contribution in [0, 0.1) is 13.8 Å². The first-order valence-electron chi connectivity index (χ1n) is 12.3. The Morgan fingerprint density at radius 3 is 2.53 bits per heavy atom. The van der Waals surface area contributed by atoms with Crippen molar-refractivity contribution in [3.05, 3.63) is 106 Å². The third kappa shape index (κ3) is 5.12. The summed E-state index contributed by atoms with van der Waals surface area (Å²) in [4.78, 5) is 6.78. The van der Waals surface area contributed by atoms with Gasteiger partial charge in [0.2, 0.25) is 0 Å². The first kappa shape index (κ1) is 26.5. The van der Waals surface area contributed by atoms with Crippen LogP contribution < -0.4 is 15.0 Å². The van der Waals surface area contributed by atoms with Gasteiger partial charge in [0, 0.05) is 41.1 Å². The maximum atomic E-state index is 6.65. The summed E-state index contributed by atoms with van der Waals surface area (Å²) in [5, 5.41) is 5.32. The van der Waals surface area contributed by atoms with Crippen molar-refractivity contribution < 1.29 is 9.47 Å². The second-order valence-electron chi connectivity index (χ2n) is 9.09. The highest BCUT2D eigenvalue weighted by Crippen LogP contribution is 2.45. The summed E-state index contributed by atoms with van der Waals surface area (Å²) in [5.74, 6) is 0.600. The fraction of sp³-hybridized carbons (Fsp3) is 0.241. The molecule has 0 bridgehead atoms. The van der Waals surface area contributed by atoms with Crippen LogP contribution in [0.2, 0.25) is 10.0 Å². The molecule has 196 valence electrons. The Balaban J connectivity index is 1.61. The van der Waals surface area contributed by atoms with Gasteiger partial charge < -0.3 is 24.3 Å². The number of aromatic nitrogens is 2. The van der Waals surface area contributed by atoms with Crippen LogP contribution in [0.1, 0.15) is 34.7 Å². The van der Waals surface area contributed by atoms with E-state index in [0.29, 0.717) is 34.1 Å². The molecule has 1 aliphatic rings. The van der Waals surface area contributed by atoms with Crippen molar-refractivity contribution in [2.45, 2.75) is 25.9 Å². The molecule has 3 heterocycles. The van der Waals surface area contributed by atoms with Gasteiger partial charge in [-0.15, -0.1) is 0 Å². The van der Waals surface area contributed by atoms with Gasteiger partial charge in [-0.1, -0.05) is 35.3 Å². The number of nitrogens with zero attached hydrogens (tertiary/aromatic N) is 3. The molecule has 38 heavy (non-hydrogen) atoms. The van der Waals surface area contributed by atoms with Crippen LogP contribution in [0.5, 0.6) is 5.75 Å². The number of hydrogen-bond acceptors (Lipinski definition) is 4. The van der Waals surface area contributed by atoms with E-state index < -0.39 is 0 Å². The summed E-state index contributed by atoms with van der Waals surface area (Å²) in [7, 11) is 1.64. The number of methoxy groups -OCH3 is 1. The molecule has 0 amide bonds. The Morgan fingerprint density at radius 1 is 0.974 bits per heavy atom. The average Bonchev–Trinajstić information content (AvgIpc) is 3.40. The van der Waals surface area contributed by atoms with E-state index in [1.54, 1.807) is 13.3 Å². The highest BCUT2D eigenvalue weighted by molar-refractivity contribution is 7.80. The monoisotopic (exact) mass is 566 g/mol. The molecule has 2 atom stereocenters. The van der Waals surface area contributed by atoms with E-state index >= 15 is 0 Å². The summed E-state index contributed by atoms with van der Waals surface area (Å²) >= 11 is 18.9. The fourth-order valence-electron chi connectivity index (χ4n) is 5.04. The Labute approximate surface area is 238 Å². The van der Waals surface area contributed by atoms with Crippen molar-refractivity contribution in [3.8, 4) is 11.4 Å². The topological polar surface area (TPSA) is 51.6 Å². The molecule has 6 nitrogen and oxygen atoms in total. The quantitative estimate of drug-likeness (QED) is 0.183. The summed E-state index contributed by atoms with van der Waals surface area (Å²) < 4.78 is 13.1. The van der Waals surface area contributed by atoms with Gasteiger partial charge in [0.25, 0.3) is 0 Å². The number of thiocarbonyl (C=S) groups is 1. The molecular weight excluding hydrogens is 539 g/mol. The summed E-state index contributed by atoms with van der Waals surface area (Å²) in [6.07, 6.45) is 1.80. The second-order valence-corrected chi connectivity index (χ2v) is 10.3. The fourth-order valence-corrected chi connectivity index (χ4v) is 5.80. The van der Waals surface area contributed by atoms with Crippen LogP contribution in [0.15, 0.2) is 72.9 Å². The molecule has 0 radical (unpaired) electrons. The van der Waals surface area contributed by atoms with Crippen LogP contribution in [0.3, 0.4) is 0 Å². The SMILES string of the molecule is COCCOc1ccc(N2C(=S)N[C@H](c3ccccn3)[C@H]2c2cc(C)n(-c3cccc(Cl)c3)c2C)cc1Cl. The Morgan fingerprint density at radius 2 is 1.82 bits per heavy atom. The third-order valence-corrected chi connectivity index (χ3v) is 7.54. The molecule has 0 aliphatic carbocycles. The van der Waals surface area contributed by atoms with Crippen LogP contribution in [0.25, 0.3) is 5.69 Å². The largest absolute Gasteiger partial charge is 0.490 e. The number of pyridine rings is 1. The van der Waals surface area contributed by atoms with E-state index in [-0.39, 0.29) is 12.1 Å². The molecule has 1 N–H and O–H groups in total. The molecule has 2 aromatic carbocycles. The van der Waals surface area contributed by atoms with Crippen LogP contribution in [0.4, 0.5) is 5.69 Å². The molecule has 0 unspecified atom stereocenters. The van der Waals surface area contributed by atoms with E-state index in [0.717, 1.165) is 34.0 Å². The minimum atomic E-state index is -0.173. The van der Waals surface area contributed by atoms with Crippen LogP contribution >= 0.6 is 35.4 Å². The highest BCUT2D eigenvalue weighted by Gasteiger charge is 2.42. The lowest BCUT2D eigenvalue weighted by Gasteiger charge is -2.28. The number of halogens is 2. The summed E-state index contributed by atoms with van der Waals surface area (Å²) in [6, 6.07) is 21.4. The van der Waals surface area contributed by atoms with E-state index in [2.05, 4.69) is 45.7 Å². The van der Waals surface area contributed by atoms with Gasteiger partial charge in [-0.05, 0) is 86.2 Å². The molecule has 9 heteroatoms. The minimum absolute atomic E-state index is 0.173. The van der Waals surface area contributed by atoms with Gasteiger partial charge in [0.05, 0.1) is 29.4 Å². The number of nitrogens with one attached hydrogen (secondary N) is 1. The molecule has 1 aliphatic heterocycles. The normalized spacial score (nSPS) is 17.1. The Hall–Kier alpha value is -3.10. The van der Waals surface area contributed by atoms with E-state index in [9.17, 15) is 0 Å². The predicted octanol–water partition coefficient (Wildman–Crippen LogP) is 7.00. The first-order chi connectivity index (χ1) is 18.4. The summed E-state index contributed by atoms with van der Waals surface area (Å²) in [6.45, 7) is 5.12. The highest BCUT2D eigenvalue weighted by atomic mass is 35.5. The van der Waals surface area contributed by atoms with Gasteiger partial charge in [0.15, 0.2) is 5.11 Å². The standard InChI is InChI=1S/C29H28Cl2N4O2S/c1-18-15-23(19(2)34(18)21-8-6-7-20(30)16-21)28-27(25-9-4-5-12-32-25)33-29(38)35(28)22-10-11-26(24(31)17-22)37-14-13-36-3/h4-12,15-17,27-28H,13-14H2,1-3H3,(H,33,38)/t27-,28-/m1/s1. The number of ether oxygens (including phenoxy) is 2. The maximum Gasteiger partial charge on any atom is 0.174 e. The molecule has 0 saturated carbocycles. The maximum absolute atomic E-state index is 6.65. The molecular formula is C29H28Cl2N4O2S. The van der Waals surface area contributed by atoms with Crippen molar-refractivity contribution in [3.63, 3.8) is 0 Å². The zero-order valence-corrected chi connectivity index (χ0v) is 23.6. The molecule has 0 spiro atoms. The first-order valence-corrected chi connectivity index (χ1v) is 13.4. The van der Waals surface area contributed by atoms with E-state index in [1.807, 2.05) is 54.6 Å². The van der Waals surface area contributed by atoms with E-state index in [4.69, 9.17) is 44.9 Å². The lowest BCUT2D eigenvalue weighted by molar-refractivity contribution is 0.146. The average molecular weight is 568 g/mol. The summed E-state index contributed by atoms with van der Waals surface area (Å²) in [5.41, 5.74) is 6.09. The van der Waals surface area contributed by atoms with Crippen LogP contribution in [-0.2, 0) is 4.74 Å². The lowest BCUT2D eigenvalue weighted by atomic mass is 9.96. The second kappa shape index (κ2) is 11.3. The van der Waals surface area contributed by atoms with Gasteiger partial charge in [-0.3, -0.25) is 4.98 Å². The molecule has 4 aromatic rings. The zero-order valence-electron chi connectivity index (χ0n) is 21.3. The Bertz CT molecular complexity index is 1460. The van der Waals surface area contributed by atoms with Crippen molar-refractivity contribution in [1.82, 2.24) is 14.9 Å². The zero-order chi connectivity index (χ0) is 26.8. The molecule has 5 rings (SSSR count). The van der Waals surface area contributed by atoms with Gasteiger partial charge in [-0.2, -0.15) is 0 Å². The van der Waals surface area contributed by atoms with Crippen LogP contribution in [-0.4, -0.2) is 35.0 Å². The number of benzene rings is 2. The number of rotatable bonds is 8. The number of aryl methyl sites for hydroxylation is 1. The number of hydrogen-bond donors (Lipinski definition) is 1. The van der Waals surface area contributed by atoms with Crippen molar-refractivity contribution in [2.24, 2.45) is 0 Å². The molecule has 1 fully saturated rings. The van der Waals surface area contributed by atoms with Gasteiger partial charge in [-0.25, -0.2) is 0 Å².